The first kappa shape index (κ1) is 19.1. The molecule has 0 amide bonds. The van der Waals surface area contributed by atoms with Crippen molar-refractivity contribution in [1.82, 2.24) is 9.47 Å². The average Bonchev–Trinajstić information content (AvgIpc) is 2.95. The molecule has 0 aliphatic rings. The molecule has 2 rings (SSSR count). The van der Waals surface area contributed by atoms with E-state index in [1.165, 1.54) is 19.8 Å². The summed E-state index contributed by atoms with van der Waals surface area (Å²) in [7, 11) is 4.93. The van der Waals surface area contributed by atoms with Crippen LogP contribution >= 0.6 is 8.17 Å². The SMILES string of the molecule is COc1ccc2c(c1)c(CCN(C)C)cn2CO[PH](O)(OC)OC. The van der Waals surface area contributed by atoms with Crippen LogP contribution in [0.3, 0.4) is 0 Å². The van der Waals surface area contributed by atoms with Crippen molar-refractivity contribution in [3.05, 3.63) is 30.0 Å². The monoisotopic (exact) mass is 358 g/mol. The molecule has 1 heterocycles. The number of likely N-dealkylation sites (N-methyl/N-ethyl adjacent to an activating group) is 1. The maximum atomic E-state index is 10.1. The van der Waals surface area contributed by atoms with E-state index in [4.69, 9.17) is 18.3 Å². The summed E-state index contributed by atoms with van der Waals surface area (Å²) in [6.45, 7) is 1.08. The zero-order valence-corrected chi connectivity index (χ0v) is 15.9. The second-order valence-corrected chi connectivity index (χ2v) is 7.92. The minimum atomic E-state index is -3.57. The molecule has 0 aliphatic carbocycles. The molecule has 0 saturated heterocycles. The van der Waals surface area contributed by atoms with E-state index in [1.807, 2.05) is 43.1 Å². The molecular weight excluding hydrogens is 331 g/mol. The number of fused-ring (bicyclic) bond motifs is 1. The summed E-state index contributed by atoms with van der Waals surface area (Å²) in [6.07, 6.45) is 2.94. The fourth-order valence-electron chi connectivity index (χ4n) is 2.48. The Kier molecular flexibility index (Phi) is 6.57. The summed E-state index contributed by atoms with van der Waals surface area (Å²) >= 11 is 0. The normalized spacial score (nSPS) is 13.0. The Morgan fingerprint density at radius 3 is 2.46 bits per heavy atom. The molecule has 0 saturated carbocycles. The van der Waals surface area contributed by atoms with Gasteiger partial charge in [-0.25, -0.2) is 0 Å². The van der Waals surface area contributed by atoms with E-state index in [-0.39, 0.29) is 6.73 Å². The Morgan fingerprint density at radius 2 is 1.88 bits per heavy atom. The standard InChI is InChI=1S/C16H27N2O5P/c1-17(2)9-8-13-11-18(12-23-24(19,21-4)22-5)16-7-6-14(20-3)10-15(13)16/h6-7,10-11,19,24H,8-9,12H2,1-5H3. The number of hydrogen-bond acceptors (Lipinski definition) is 6. The molecule has 0 unspecified atom stereocenters. The van der Waals surface area contributed by atoms with E-state index in [2.05, 4.69) is 4.90 Å². The van der Waals surface area contributed by atoms with Crippen LogP contribution in [0.1, 0.15) is 5.56 Å². The number of nitrogens with zero attached hydrogens (tertiary/aromatic N) is 2. The predicted octanol–water partition coefficient (Wildman–Crippen LogP) is 2.42. The minimum absolute atomic E-state index is 0.148. The van der Waals surface area contributed by atoms with Gasteiger partial charge in [-0.3, -0.25) is 0 Å². The second kappa shape index (κ2) is 8.25. The molecule has 0 aliphatic heterocycles. The molecule has 8 heteroatoms. The Bertz CT molecular complexity index is 670. The topological polar surface area (TPSA) is 65.3 Å². The molecule has 0 atom stereocenters. The zero-order chi connectivity index (χ0) is 17.7. The molecule has 136 valence electrons. The van der Waals surface area contributed by atoms with Crippen molar-refractivity contribution in [3.8, 4) is 5.75 Å². The van der Waals surface area contributed by atoms with Gasteiger partial charge in [-0.15, -0.1) is 0 Å². The second-order valence-electron chi connectivity index (χ2n) is 5.77. The fourth-order valence-corrected chi connectivity index (χ4v) is 3.18. The van der Waals surface area contributed by atoms with E-state index in [0.717, 1.165) is 29.6 Å². The molecule has 24 heavy (non-hydrogen) atoms. The molecule has 2 aromatic rings. The van der Waals surface area contributed by atoms with Crippen LogP contribution in [-0.2, 0) is 26.7 Å². The van der Waals surface area contributed by atoms with Crippen LogP contribution in [-0.4, -0.2) is 56.3 Å². The van der Waals surface area contributed by atoms with Crippen LogP contribution in [0.5, 0.6) is 5.75 Å². The molecule has 1 aromatic heterocycles. The van der Waals surface area contributed by atoms with Crippen LogP contribution < -0.4 is 4.74 Å². The van der Waals surface area contributed by atoms with E-state index in [0.29, 0.717) is 0 Å². The summed E-state index contributed by atoms with van der Waals surface area (Å²) in [4.78, 5) is 12.2. The first-order valence-electron chi connectivity index (χ1n) is 7.69. The third-order valence-corrected chi connectivity index (χ3v) is 5.43. The van der Waals surface area contributed by atoms with Crippen molar-refractivity contribution in [1.29, 1.82) is 0 Å². The van der Waals surface area contributed by atoms with Gasteiger partial charge in [-0.05, 0) is 0 Å². The molecule has 1 aromatic carbocycles. The summed E-state index contributed by atoms with van der Waals surface area (Å²) in [6, 6.07) is 5.91. The van der Waals surface area contributed by atoms with E-state index >= 15 is 0 Å². The first-order valence-corrected chi connectivity index (χ1v) is 9.36. The van der Waals surface area contributed by atoms with Crippen molar-refractivity contribution in [3.63, 3.8) is 0 Å². The van der Waals surface area contributed by atoms with Crippen molar-refractivity contribution in [2.75, 3.05) is 42.0 Å². The van der Waals surface area contributed by atoms with Crippen LogP contribution in [0, 0.1) is 0 Å². The van der Waals surface area contributed by atoms with E-state index in [1.54, 1.807) is 7.11 Å². The van der Waals surface area contributed by atoms with Gasteiger partial charge in [0.2, 0.25) is 0 Å². The van der Waals surface area contributed by atoms with Crippen molar-refractivity contribution < 1.29 is 23.2 Å². The van der Waals surface area contributed by atoms with Crippen LogP contribution in [0.25, 0.3) is 10.9 Å². The van der Waals surface area contributed by atoms with Crippen molar-refractivity contribution in [2.24, 2.45) is 0 Å². The number of ether oxygens (including phenoxy) is 1. The van der Waals surface area contributed by atoms with E-state index in [9.17, 15) is 4.89 Å². The first-order chi connectivity index (χ1) is 11.4. The van der Waals surface area contributed by atoms with Gasteiger partial charge in [-0.2, -0.15) is 0 Å². The molecule has 7 nitrogen and oxygen atoms in total. The van der Waals surface area contributed by atoms with Gasteiger partial charge >= 0.3 is 143 Å². The van der Waals surface area contributed by atoms with Gasteiger partial charge in [0.25, 0.3) is 0 Å². The Morgan fingerprint density at radius 1 is 1.17 bits per heavy atom. The maximum absolute atomic E-state index is 10.1. The third kappa shape index (κ3) is 4.45. The number of hydrogen-bond donors (Lipinski definition) is 1. The zero-order valence-electron chi connectivity index (χ0n) is 14.9. The summed E-state index contributed by atoms with van der Waals surface area (Å²) in [5.41, 5.74) is 2.20. The number of rotatable bonds is 9. The van der Waals surface area contributed by atoms with Crippen LogP contribution in [0.4, 0.5) is 0 Å². The Hall–Kier alpha value is -1.21. The summed E-state index contributed by atoms with van der Waals surface area (Å²) in [5, 5.41) is 1.11. The predicted molar refractivity (Wildman–Crippen MR) is 96.4 cm³/mol. The van der Waals surface area contributed by atoms with Crippen LogP contribution in [0.2, 0.25) is 0 Å². The molecule has 0 bridgehead atoms. The summed E-state index contributed by atoms with van der Waals surface area (Å²) in [5.74, 6) is 0.812. The number of benzene rings is 1. The molecule has 0 fully saturated rings. The average molecular weight is 358 g/mol. The number of methoxy groups -OCH3 is 1. The van der Waals surface area contributed by atoms with Gasteiger partial charge in [0, 0.05) is 0 Å². The molecule has 0 radical (unpaired) electrons. The van der Waals surface area contributed by atoms with E-state index < -0.39 is 8.17 Å². The molecule has 0 spiro atoms. The quantitative estimate of drug-likeness (QED) is 0.695. The van der Waals surface area contributed by atoms with Gasteiger partial charge < -0.3 is 0 Å². The number of aromatic nitrogens is 1. The fraction of sp³-hybridized carbons (Fsp3) is 0.500. The Balaban J connectivity index is 2.32. The van der Waals surface area contributed by atoms with Gasteiger partial charge in [0.1, 0.15) is 0 Å². The third-order valence-electron chi connectivity index (χ3n) is 3.90. The van der Waals surface area contributed by atoms with Crippen molar-refractivity contribution >= 4 is 19.1 Å². The van der Waals surface area contributed by atoms with Gasteiger partial charge in [-0.1, -0.05) is 0 Å². The van der Waals surface area contributed by atoms with Crippen molar-refractivity contribution in [2.45, 2.75) is 13.2 Å². The molecule has 1 N–H and O–H groups in total. The van der Waals surface area contributed by atoms with Crippen LogP contribution in [0.15, 0.2) is 24.4 Å². The van der Waals surface area contributed by atoms with Gasteiger partial charge in [0.15, 0.2) is 0 Å². The van der Waals surface area contributed by atoms with Gasteiger partial charge in [0.05, 0.1) is 0 Å². The Labute approximate surface area is 143 Å². The molecular formula is C16H27N2O5P. The summed E-state index contributed by atoms with van der Waals surface area (Å²) < 4.78 is 22.7.